The fourth-order valence-electron chi connectivity index (χ4n) is 2.70. The molecule has 0 atom stereocenters. The summed E-state index contributed by atoms with van der Waals surface area (Å²) in [6.45, 7) is 6.17. The van der Waals surface area contributed by atoms with Gasteiger partial charge in [-0.2, -0.15) is 0 Å². The summed E-state index contributed by atoms with van der Waals surface area (Å²) in [4.78, 5) is 8.96. The first-order valence-corrected chi connectivity index (χ1v) is 9.19. The number of anilines is 1. The minimum Gasteiger partial charge on any atom is -0.356 e. The average Bonchev–Trinajstić information content (AvgIpc) is 2.71. The summed E-state index contributed by atoms with van der Waals surface area (Å²) in [5.74, 6) is 0.720. The number of hydrogen-bond acceptors (Lipinski definition) is 3. The highest BCUT2D eigenvalue weighted by Crippen LogP contribution is 2.19. The van der Waals surface area contributed by atoms with Gasteiger partial charge in [-0.1, -0.05) is 56.3 Å². The van der Waals surface area contributed by atoms with Gasteiger partial charge < -0.3 is 16.4 Å². The molecule has 0 unspecified atom stereocenters. The van der Waals surface area contributed by atoms with Gasteiger partial charge in [0.2, 0.25) is 0 Å². The Hall–Kier alpha value is -2.92. The molecule has 3 rings (SSSR count). The highest BCUT2D eigenvalue weighted by Gasteiger charge is 2.16. The molecule has 0 aliphatic rings. The van der Waals surface area contributed by atoms with E-state index in [1.165, 1.54) is 16.3 Å². The Morgan fingerprint density at radius 1 is 1.07 bits per heavy atom. The van der Waals surface area contributed by atoms with Gasteiger partial charge in [0.05, 0.1) is 18.4 Å². The van der Waals surface area contributed by atoms with E-state index in [1.807, 2.05) is 12.1 Å². The van der Waals surface area contributed by atoms with Crippen LogP contribution < -0.4 is 16.4 Å². The molecule has 4 N–H and O–H groups in total. The van der Waals surface area contributed by atoms with Crippen LogP contribution in [0.1, 0.15) is 19.4 Å². The lowest BCUT2D eigenvalue weighted by Crippen LogP contribution is -2.41. The molecule has 0 radical (unpaired) electrons. The molecular formula is C22H27N5. The maximum absolute atomic E-state index is 5.86. The maximum atomic E-state index is 5.86. The molecule has 0 aliphatic carbocycles. The van der Waals surface area contributed by atoms with E-state index in [-0.39, 0.29) is 5.41 Å². The first-order valence-electron chi connectivity index (χ1n) is 9.19. The first-order chi connectivity index (χ1) is 13.1. The molecule has 0 spiro atoms. The average molecular weight is 361 g/mol. The van der Waals surface area contributed by atoms with Crippen LogP contribution in [0.15, 0.2) is 72.0 Å². The zero-order chi connectivity index (χ0) is 19.1. The zero-order valence-electron chi connectivity index (χ0n) is 15.9. The van der Waals surface area contributed by atoms with Crippen molar-refractivity contribution in [3.05, 3.63) is 72.6 Å². The third-order valence-corrected chi connectivity index (χ3v) is 4.50. The lowest BCUT2D eigenvalue weighted by molar-refractivity contribution is 0.376. The van der Waals surface area contributed by atoms with E-state index in [0.717, 1.165) is 18.2 Å². The monoisotopic (exact) mass is 361 g/mol. The molecule has 5 nitrogen and oxygen atoms in total. The minimum atomic E-state index is -0.0170. The van der Waals surface area contributed by atoms with Crippen molar-refractivity contribution in [2.75, 3.05) is 18.4 Å². The second-order valence-corrected chi connectivity index (χ2v) is 7.39. The number of benzene rings is 2. The number of guanidine groups is 1. The van der Waals surface area contributed by atoms with Crippen LogP contribution >= 0.6 is 0 Å². The number of nitrogens with one attached hydrogen (secondary N) is 2. The number of rotatable bonds is 6. The van der Waals surface area contributed by atoms with Crippen molar-refractivity contribution in [1.82, 2.24) is 10.3 Å². The van der Waals surface area contributed by atoms with Crippen molar-refractivity contribution in [2.24, 2.45) is 16.1 Å². The Balaban J connectivity index is 1.82. The molecule has 0 fully saturated rings. The van der Waals surface area contributed by atoms with E-state index < -0.39 is 0 Å². The van der Waals surface area contributed by atoms with Crippen LogP contribution in [-0.2, 0) is 6.54 Å². The Labute approximate surface area is 160 Å². The van der Waals surface area contributed by atoms with Crippen molar-refractivity contribution in [3.8, 4) is 0 Å². The van der Waals surface area contributed by atoms with Crippen LogP contribution in [0.3, 0.4) is 0 Å². The molecule has 0 amide bonds. The molecule has 0 aliphatic heterocycles. The Morgan fingerprint density at radius 3 is 2.67 bits per heavy atom. The topological polar surface area (TPSA) is 75.3 Å². The predicted molar refractivity (Wildman–Crippen MR) is 114 cm³/mol. The number of nitrogens with two attached hydrogens (primary N) is 1. The highest BCUT2D eigenvalue weighted by molar-refractivity contribution is 5.93. The number of hydrogen-bond donors (Lipinski definition) is 3. The molecule has 2 aromatic carbocycles. The molecule has 1 heterocycles. The smallest absolute Gasteiger partial charge is 0.196 e. The molecule has 5 heteroatoms. The second kappa shape index (κ2) is 8.64. The molecule has 140 valence electrons. The summed E-state index contributed by atoms with van der Waals surface area (Å²) in [5, 5.41) is 9.19. The van der Waals surface area contributed by atoms with Gasteiger partial charge in [0.15, 0.2) is 5.96 Å². The van der Waals surface area contributed by atoms with Crippen molar-refractivity contribution in [1.29, 1.82) is 0 Å². The summed E-state index contributed by atoms with van der Waals surface area (Å²) in [5.41, 5.74) is 7.93. The van der Waals surface area contributed by atoms with Crippen LogP contribution in [0, 0.1) is 5.41 Å². The SMILES string of the molecule is CC(C)(CN)CNC(=NCc1cccc2ccccc12)Nc1cccnc1. The first kappa shape index (κ1) is 18.9. The fourth-order valence-corrected chi connectivity index (χ4v) is 2.70. The number of pyridine rings is 1. The van der Waals surface area contributed by atoms with Crippen molar-refractivity contribution in [2.45, 2.75) is 20.4 Å². The predicted octanol–water partition coefficient (Wildman–Crippen LogP) is 3.78. The fraction of sp³-hybridized carbons (Fsp3) is 0.273. The number of fused-ring (bicyclic) bond motifs is 1. The van der Waals surface area contributed by atoms with E-state index in [4.69, 9.17) is 10.7 Å². The highest BCUT2D eigenvalue weighted by atomic mass is 15.2. The molecule has 0 bridgehead atoms. The van der Waals surface area contributed by atoms with Gasteiger partial charge >= 0.3 is 0 Å². The standard InChI is InChI=1S/C22H27N5/c1-22(2,15-23)16-26-21(27-19-10-6-12-24-14-19)25-13-18-9-5-8-17-7-3-4-11-20(17)18/h3-12,14H,13,15-16,23H2,1-2H3,(H2,25,26,27). The van der Waals surface area contributed by atoms with Crippen LogP contribution in [0.25, 0.3) is 10.8 Å². The molecule has 1 aromatic heterocycles. The van der Waals surface area contributed by atoms with Gasteiger partial charge in [-0.25, -0.2) is 4.99 Å². The van der Waals surface area contributed by atoms with E-state index in [0.29, 0.717) is 13.1 Å². The summed E-state index contributed by atoms with van der Waals surface area (Å²) in [6.07, 6.45) is 3.53. The van der Waals surface area contributed by atoms with Gasteiger partial charge in [0.25, 0.3) is 0 Å². The molecule has 27 heavy (non-hydrogen) atoms. The van der Waals surface area contributed by atoms with Crippen molar-refractivity contribution < 1.29 is 0 Å². The Bertz CT molecular complexity index is 897. The summed E-state index contributed by atoms with van der Waals surface area (Å²) >= 11 is 0. The normalized spacial score (nSPS) is 12.2. The number of aliphatic imine (C=N–C) groups is 1. The summed E-state index contributed by atoms with van der Waals surface area (Å²) in [6, 6.07) is 18.6. The lowest BCUT2D eigenvalue weighted by Gasteiger charge is -2.24. The van der Waals surface area contributed by atoms with Crippen LogP contribution in [0.2, 0.25) is 0 Å². The van der Waals surface area contributed by atoms with Crippen LogP contribution in [0.4, 0.5) is 5.69 Å². The third-order valence-electron chi connectivity index (χ3n) is 4.50. The van der Waals surface area contributed by atoms with Gasteiger partial charge in [0, 0.05) is 12.7 Å². The molecular weight excluding hydrogens is 334 g/mol. The lowest BCUT2D eigenvalue weighted by atomic mass is 9.94. The van der Waals surface area contributed by atoms with Crippen molar-refractivity contribution in [3.63, 3.8) is 0 Å². The maximum Gasteiger partial charge on any atom is 0.196 e. The summed E-state index contributed by atoms with van der Waals surface area (Å²) in [7, 11) is 0. The number of nitrogens with zero attached hydrogens (tertiary/aromatic N) is 2. The Kier molecular flexibility index (Phi) is 6.04. The quantitative estimate of drug-likeness (QED) is 0.461. The largest absolute Gasteiger partial charge is 0.356 e. The zero-order valence-corrected chi connectivity index (χ0v) is 15.9. The second-order valence-electron chi connectivity index (χ2n) is 7.39. The molecule has 0 saturated heterocycles. The van der Waals surface area contributed by atoms with Gasteiger partial charge in [-0.05, 0) is 40.4 Å². The Morgan fingerprint density at radius 2 is 1.89 bits per heavy atom. The van der Waals surface area contributed by atoms with Crippen LogP contribution in [0.5, 0.6) is 0 Å². The minimum absolute atomic E-state index is 0.0170. The van der Waals surface area contributed by atoms with E-state index in [1.54, 1.807) is 12.4 Å². The third kappa shape index (κ3) is 5.28. The van der Waals surface area contributed by atoms with E-state index in [9.17, 15) is 0 Å². The van der Waals surface area contributed by atoms with Crippen molar-refractivity contribution >= 4 is 22.4 Å². The molecule has 0 saturated carbocycles. The van der Waals surface area contributed by atoms with Crippen LogP contribution in [-0.4, -0.2) is 24.0 Å². The molecule has 3 aromatic rings. The number of aromatic nitrogens is 1. The van der Waals surface area contributed by atoms with E-state index >= 15 is 0 Å². The van der Waals surface area contributed by atoms with Gasteiger partial charge in [0.1, 0.15) is 0 Å². The summed E-state index contributed by atoms with van der Waals surface area (Å²) < 4.78 is 0. The van der Waals surface area contributed by atoms with Gasteiger partial charge in [-0.15, -0.1) is 0 Å². The van der Waals surface area contributed by atoms with Gasteiger partial charge in [-0.3, -0.25) is 4.98 Å². The van der Waals surface area contributed by atoms with E-state index in [2.05, 4.69) is 71.9 Å².